The lowest BCUT2D eigenvalue weighted by Crippen LogP contribution is -2.26. The lowest BCUT2D eigenvalue weighted by Gasteiger charge is -2.13. The van der Waals surface area contributed by atoms with Gasteiger partial charge in [-0.05, 0) is 5.56 Å². The Morgan fingerprint density at radius 3 is 2.71 bits per heavy atom. The van der Waals surface area contributed by atoms with Gasteiger partial charge in [-0.1, -0.05) is 30.3 Å². The fraction of sp³-hybridized carbons (Fsp3) is 0.455. The van der Waals surface area contributed by atoms with Crippen molar-refractivity contribution in [2.45, 2.75) is 18.8 Å². The van der Waals surface area contributed by atoms with Gasteiger partial charge in [0.2, 0.25) is 0 Å². The summed E-state index contributed by atoms with van der Waals surface area (Å²) in [5.74, 6) is 0. The summed E-state index contributed by atoms with van der Waals surface area (Å²) >= 11 is 0. The zero-order valence-electron chi connectivity index (χ0n) is 7.93. The first-order valence-corrected chi connectivity index (χ1v) is 4.77. The quantitative estimate of drug-likeness (QED) is 0.779. The smallest absolute Gasteiger partial charge is 0.109 e. The van der Waals surface area contributed by atoms with Crippen molar-refractivity contribution >= 4 is 0 Å². The van der Waals surface area contributed by atoms with Crippen LogP contribution in [0.5, 0.6) is 0 Å². The van der Waals surface area contributed by atoms with Crippen LogP contribution >= 0.6 is 0 Å². The van der Waals surface area contributed by atoms with E-state index in [-0.39, 0.29) is 6.10 Å². The van der Waals surface area contributed by atoms with Crippen molar-refractivity contribution in [2.75, 3.05) is 13.2 Å². The maximum absolute atomic E-state index is 9.42. The molecule has 1 aliphatic heterocycles. The molecular weight excluding hydrogens is 180 g/mol. The molecule has 2 rings (SSSR count). The number of ether oxygens (including phenoxy) is 2. The molecule has 1 heterocycles. The lowest BCUT2D eigenvalue weighted by atomic mass is 10.2. The van der Waals surface area contributed by atoms with Crippen molar-refractivity contribution in [3.63, 3.8) is 0 Å². The van der Waals surface area contributed by atoms with Crippen LogP contribution in [0, 0.1) is 0 Å². The van der Waals surface area contributed by atoms with E-state index in [1.165, 1.54) is 0 Å². The number of aliphatic hydroxyl groups excluding tert-OH is 1. The minimum Gasteiger partial charge on any atom is -0.388 e. The third kappa shape index (κ3) is 2.32. The molecule has 1 saturated heterocycles. The highest BCUT2D eigenvalue weighted by Gasteiger charge is 2.26. The van der Waals surface area contributed by atoms with Crippen LogP contribution in [0.2, 0.25) is 0 Å². The van der Waals surface area contributed by atoms with Crippen LogP contribution in [0.3, 0.4) is 0 Å². The van der Waals surface area contributed by atoms with Crippen LogP contribution in [-0.4, -0.2) is 30.5 Å². The average molecular weight is 194 g/mol. The van der Waals surface area contributed by atoms with Crippen molar-refractivity contribution in [2.24, 2.45) is 0 Å². The van der Waals surface area contributed by atoms with E-state index in [4.69, 9.17) is 9.47 Å². The van der Waals surface area contributed by atoms with E-state index in [2.05, 4.69) is 0 Å². The van der Waals surface area contributed by atoms with Crippen LogP contribution in [0.25, 0.3) is 0 Å². The zero-order valence-corrected chi connectivity index (χ0v) is 7.93. The van der Waals surface area contributed by atoms with E-state index >= 15 is 0 Å². The molecule has 3 nitrogen and oxygen atoms in total. The van der Waals surface area contributed by atoms with E-state index in [9.17, 15) is 5.11 Å². The summed E-state index contributed by atoms with van der Waals surface area (Å²) in [7, 11) is 0. The Morgan fingerprint density at radius 2 is 2.07 bits per heavy atom. The van der Waals surface area contributed by atoms with Gasteiger partial charge in [-0.3, -0.25) is 0 Å². The third-order valence-electron chi connectivity index (χ3n) is 2.31. The molecule has 1 fully saturated rings. The van der Waals surface area contributed by atoms with Gasteiger partial charge in [-0.25, -0.2) is 0 Å². The first-order chi connectivity index (χ1) is 6.86. The first kappa shape index (κ1) is 9.65. The van der Waals surface area contributed by atoms with Gasteiger partial charge >= 0.3 is 0 Å². The van der Waals surface area contributed by atoms with Gasteiger partial charge in [-0.15, -0.1) is 0 Å². The maximum atomic E-state index is 9.42. The average Bonchev–Trinajstić information content (AvgIpc) is 2.63. The van der Waals surface area contributed by atoms with Gasteiger partial charge in [0.15, 0.2) is 0 Å². The van der Waals surface area contributed by atoms with Crippen LogP contribution in [0.4, 0.5) is 0 Å². The molecule has 1 N–H and O–H groups in total. The highest BCUT2D eigenvalue weighted by molar-refractivity contribution is 5.13. The van der Waals surface area contributed by atoms with E-state index in [1.54, 1.807) is 0 Å². The standard InChI is InChI=1S/C11H14O3/c12-10-7-13-8-11(10)14-6-9-4-2-1-3-5-9/h1-5,10-12H,6-8H2. The Morgan fingerprint density at radius 1 is 1.29 bits per heavy atom. The minimum absolute atomic E-state index is 0.171. The molecule has 0 saturated carbocycles. The summed E-state index contributed by atoms with van der Waals surface area (Å²) < 4.78 is 10.6. The molecule has 76 valence electrons. The monoisotopic (exact) mass is 194 g/mol. The Labute approximate surface area is 83.3 Å². The third-order valence-corrected chi connectivity index (χ3v) is 2.31. The van der Waals surface area contributed by atoms with Gasteiger partial charge in [0.05, 0.1) is 19.8 Å². The van der Waals surface area contributed by atoms with E-state index in [0.29, 0.717) is 19.8 Å². The van der Waals surface area contributed by atoms with Crippen molar-refractivity contribution < 1.29 is 14.6 Å². The Balaban J connectivity index is 1.82. The van der Waals surface area contributed by atoms with Gasteiger partial charge < -0.3 is 14.6 Å². The predicted octanol–water partition coefficient (Wildman–Crippen LogP) is 0.963. The number of hydrogen-bond donors (Lipinski definition) is 1. The summed E-state index contributed by atoms with van der Waals surface area (Å²) in [6, 6.07) is 9.92. The van der Waals surface area contributed by atoms with E-state index < -0.39 is 6.10 Å². The van der Waals surface area contributed by atoms with Crippen LogP contribution < -0.4 is 0 Å². The molecule has 0 spiro atoms. The van der Waals surface area contributed by atoms with Crippen LogP contribution in [0.1, 0.15) is 5.56 Å². The molecule has 0 aliphatic carbocycles. The molecule has 0 bridgehead atoms. The topological polar surface area (TPSA) is 38.7 Å². The molecular formula is C11H14O3. The molecule has 1 aliphatic rings. The number of rotatable bonds is 3. The first-order valence-electron chi connectivity index (χ1n) is 4.77. The molecule has 14 heavy (non-hydrogen) atoms. The highest BCUT2D eigenvalue weighted by atomic mass is 16.6. The summed E-state index contributed by atoms with van der Waals surface area (Å²) in [6.45, 7) is 1.42. The highest BCUT2D eigenvalue weighted by Crippen LogP contribution is 2.12. The van der Waals surface area contributed by atoms with E-state index in [0.717, 1.165) is 5.56 Å². The molecule has 2 atom stereocenters. The van der Waals surface area contributed by atoms with Gasteiger partial charge in [0.25, 0.3) is 0 Å². The summed E-state index contributed by atoms with van der Waals surface area (Å²) in [4.78, 5) is 0. The summed E-state index contributed by atoms with van der Waals surface area (Å²) in [5, 5.41) is 9.42. The lowest BCUT2D eigenvalue weighted by molar-refractivity contribution is -0.0188. The Bertz CT molecular complexity index is 273. The number of benzene rings is 1. The predicted molar refractivity (Wildman–Crippen MR) is 51.8 cm³/mol. The second-order valence-electron chi connectivity index (χ2n) is 3.44. The molecule has 1 aromatic rings. The molecule has 0 amide bonds. The summed E-state index contributed by atoms with van der Waals surface area (Å²) in [5.41, 5.74) is 1.12. The minimum atomic E-state index is -0.473. The molecule has 2 unspecified atom stereocenters. The van der Waals surface area contributed by atoms with Crippen molar-refractivity contribution in [1.82, 2.24) is 0 Å². The second kappa shape index (κ2) is 4.55. The molecule has 0 radical (unpaired) electrons. The Hall–Kier alpha value is -0.900. The number of hydrogen-bond acceptors (Lipinski definition) is 3. The number of aliphatic hydroxyl groups is 1. The van der Waals surface area contributed by atoms with Crippen molar-refractivity contribution in [3.8, 4) is 0 Å². The summed E-state index contributed by atoms with van der Waals surface area (Å²) in [6.07, 6.45) is -0.645. The van der Waals surface area contributed by atoms with E-state index in [1.807, 2.05) is 30.3 Å². The van der Waals surface area contributed by atoms with Gasteiger partial charge in [0, 0.05) is 0 Å². The second-order valence-corrected chi connectivity index (χ2v) is 3.44. The van der Waals surface area contributed by atoms with Crippen LogP contribution in [0.15, 0.2) is 30.3 Å². The zero-order chi connectivity index (χ0) is 9.80. The maximum Gasteiger partial charge on any atom is 0.109 e. The van der Waals surface area contributed by atoms with Gasteiger partial charge in [-0.2, -0.15) is 0 Å². The molecule has 0 aromatic heterocycles. The van der Waals surface area contributed by atoms with Crippen molar-refractivity contribution in [1.29, 1.82) is 0 Å². The fourth-order valence-electron chi connectivity index (χ4n) is 1.46. The Kier molecular flexibility index (Phi) is 3.14. The molecule has 1 aromatic carbocycles. The van der Waals surface area contributed by atoms with Gasteiger partial charge in [0.1, 0.15) is 12.2 Å². The van der Waals surface area contributed by atoms with Crippen LogP contribution in [-0.2, 0) is 16.1 Å². The van der Waals surface area contributed by atoms with Crippen molar-refractivity contribution in [3.05, 3.63) is 35.9 Å². The molecule has 3 heteroatoms. The fourth-order valence-corrected chi connectivity index (χ4v) is 1.46. The normalized spacial score (nSPS) is 26.6. The largest absolute Gasteiger partial charge is 0.388 e. The SMILES string of the molecule is OC1COCC1OCc1ccccc1.